The van der Waals surface area contributed by atoms with Crippen molar-refractivity contribution in [3.8, 4) is 5.75 Å². The van der Waals surface area contributed by atoms with Crippen LogP contribution in [-0.4, -0.2) is 38.5 Å². The molecule has 0 unspecified atom stereocenters. The molecular weight excluding hydrogens is 720 g/mol. The van der Waals surface area contributed by atoms with Gasteiger partial charge in [-0.2, -0.15) is 26.3 Å². The molecule has 6 atom stereocenters. The highest BCUT2D eigenvalue weighted by Crippen LogP contribution is 2.66. The summed E-state index contributed by atoms with van der Waals surface area (Å²) < 4.78 is 96.1. The Balaban J connectivity index is 1.37. The van der Waals surface area contributed by atoms with Gasteiger partial charge in [0, 0.05) is 5.92 Å². The summed E-state index contributed by atoms with van der Waals surface area (Å²) in [5, 5.41) is 10.00. The molecule has 1 saturated carbocycles. The third-order valence-corrected chi connectivity index (χ3v) is 11.4. The smallest absolute Gasteiger partial charge is 0.416 e. The number of phenolic OH excluding ortho intramolecular Hbond substituents is 1. The van der Waals surface area contributed by atoms with Crippen LogP contribution in [0.2, 0.25) is 0 Å². The zero-order valence-corrected chi connectivity index (χ0v) is 26.5. The van der Waals surface area contributed by atoms with Gasteiger partial charge in [-0.3, -0.25) is 19.2 Å². The van der Waals surface area contributed by atoms with Gasteiger partial charge in [0.05, 0.1) is 34.3 Å². The van der Waals surface area contributed by atoms with Crippen molar-refractivity contribution in [3.05, 3.63) is 101 Å². The van der Waals surface area contributed by atoms with Crippen LogP contribution >= 0.6 is 23.2 Å². The molecule has 3 fully saturated rings. The first-order valence-electron chi connectivity index (χ1n) is 15.0. The number of aromatic hydroxyl groups is 1. The van der Waals surface area contributed by atoms with Crippen LogP contribution in [-0.2, 0) is 31.5 Å². The van der Waals surface area contributed by atoms with E-state index in [1.54, 1.807) is 0 Å². The summed E-state index contributed by atoms with van der Waals surface area (Å²) >= 11 is 14.4. The number of nitrogens with zero attached hydrogens (tertiary/aromatic N) is 2. The quantitative estimate of drug-likeness (QED) is 0.131. The third-order valence-electron chi connectivity index (χ3n) is 9.95. The van der Waals surface area contributed by atoms with Crippen LogP contribution in [0.1, 0.15) is 35.4 Å². The molecule has 7 rings (SSSR count). The van der Waals surface area contributed by atoms with E-state index in [2.05, 4.69) is 0 Å². The second kappa shape index (κ2) is 11.0. The maximum absolute atomic E-state index is 14.3. The number of phenols is 1. The number of hydrogen-bond donors (Lipinski definition) is 1. The van der Waals surface area contributed by atoms with Crippen LogP contribution in [0.5, 0.6) is 5.75 Å². The van der Waals surface area contributed by atoms with Crippen LogP contribution in [0.4, 0.5) is 42.1 Å². The van der Waals surface area contributed by atoms with E-state index in [0.29, 0.717) is 9.80 Å². The molecule has 0 aromatic heterocycles. The van der Waals surface area contributed by atoms with Gasteiger partial charge in [-0.25, -0.2) is 14.2 Å². The fourth-order valence-corrected chi connectivity index (χ4v) is 8.70. The zero-order valence-electron chi connectivity index (χ0n) is 25.0. The number of benzene rings is 3. The number of halogens is 9. The molecule has 0 radical (unpaired) electrons. The van der Waals surface area contributed by atoms with Gasteiger partial charge in [0.25, 0.3) is 11.8 Å². The van der Waals surface area contributed by atoms with Gasteiger partial charge in [0.2, 0.25) is 11.8 Å². The van der Waals surface area contributed by atoms with E-state index in [-0.39, 0.29) is 47.2 Å². The topological polar surface area (TPSA) is 95.0 Å². The lowest BCUT2D eigenvalue weighted by Gasteiger charge is -2.50. The number of fused-ring (bicyclic) bond motifs is 4. The van der Waals surface area contributed by atoms with Gasteiger partial charge in [0.1, 0.15) is 11.6 Å². The Morgan fingerprint density at radius 1 is 0.720 bits per heavy atom. The van der Waals surface area contributed by atoms with Crippen molar-refractivity contribution >= 4 is 58.2 Å². The fourth-order valence-electron chi connectivity index (χ4n) is 7.76. The van der Waals surface area contributed by atoms with E-state index in [1.165, 1.54) is 30.3 Å². The average molecular weight is 741 g/mol. The Hall–Kier alpha value is -4.43. The molecule has 4 aliphatic rings. The molecule has 2 saturated heterocycles. The molecule has 4 amide bonds. The highest BCUT2D eigenvalue weighted by Gasteiger charge is 2.76. The van der Waals surface area contributed by atoms with Gasteiger partial charge in [0.15, 0.2) is 9.75 Å². The average Bonchev–Trinajstić information content (AvgIpc) is 3.39. The Labute approximate surface area is 287 Å². The number of rotatable bonds is 3. The van der Waals surface area contributed by atoms with E-state index >= 15 is 0 Å². The molecular formula is C34H21Cl2F7N2O5. The van der Waals surface area contributed by atoms with Gasteiger partial charge in [-0.15, -0.1) is 23.2 Å². The number of anilines is 2. The first kappa shape index (κ1) is 34.0. The third kappa shape index (κ3) is 4.78. The molecule has 0 spiro atoms. The molecule has 2 aliphatic heterocycles. The lowest BCUT2D eigenvalue weighted by molar-refractivity contribution is -0.143. The number of carbonyl (C=O) groups is 4. The Bertz CT molecular complexity index is 1990. The van der Waals surface area contributed by atoms with Crippen molar-refractivity contribution in [2.45, 2.75) is 40.9 Å². The fraction of sp³-hybridized carbons (Fsp3) is 0.294. The Morgan fingerprint density at radius 3 is 1.86 bits per heavy atom. The minimum Gasteiger partial charge on any atom is -0.508 e. The van der Waals surface area contributed by atoms with Crippen LogP contribution < -0.4 is 9.80 Å². The highest BCUT2D eigenvalue weighted by atomic mass is 35.5. The second-order valence-corrected chi connectivity index (χ2v) is 13.9. The minimum atomic E-state index is -5.26. The molecule has 3 aromatic rings. The molecule has 3 aromatic carbocycles. The molecule has 2 heterocycles. The van der Waals surface area contributed by atoms with E-state index in [1.807, 2.05) is 0 Å². The normalized spacial score (nSPS) is 29.6. The first-order valence-corrected chi connectivity index (χ1v) is 15.7. The minimum absolute atomic E-state index is 0.0709. The first-order chi connectivity index (χ1) is 23.3. The zero-order chi connectivity index (χ0) is 36.3. The van der Waals surface area contributed by atoms with E-state index in [9.17, 15) is 55.0 Å². The molecule has 50 heavy (non-hydrogen) atoms. The summed E-state index contributed by atoms with van der Waals surface area (Å²) in [4.78, 5) is 52.8. The number of imide groups is 2. The monoisotopic (exact) mass is 740 g/mol. The molecule has 16 heteroatoms. The van der Waals surface area contributed by atoms with E-state index < -0.39 is 98.5 Å². The predicted molar refractivity (Wildman–Crippen MR) is 164 cm³/mol. The number of carbonyl (C=O) groups excluding carboxylic acids is 4. The maximum atomic E-state index is 14.3. The maximum Gasteiger partial charge on any atom is 0.416 e. The molecule has 1 N–H and O–H groups in total. The molecule has 0 bridgehead atoms. The predicted octanol–water partition coefficient (Wildman–Crippen LogP) is 7.34. The Kier molecular flexibility index (Phi) is 7.51. The van der Waals surface area contributed by atoms with Crippen LogP contribution in [0, 0.1) is 23.6 Å². The summed E-state index contributed by atoms with van der Waals surface area (Å²) in [6, 6.07) is 10.1. The number of alkyl halides is 8. The van der Waals surface area contributed by atoms with Gasteiger partial charge in [-0.05, 0) is 78.9 Å². The van der Waals surface area contributed by atoms with Gasteiger partial charge < -0.3 is 5.11 Å². The molecule has 260 valence electrons. The second-order valence-electron chi connectivity index (χ2n) is 12.6. The lowest BCUT2D eigenvalue weighted by atomic mass is 9.56. The van der Waals surface area contributed by atoms with Gasteiger partial charge >= 0.3 is 12.4 Å². The number of amides is 4. The van der Waals surface area contributed by atoms with Crippen molar-refractivity contribution in [2.24, 2.45) is 17.8 Å². The number of allylic oxidation sites excluding steroid dienone is 2. The van der Waals surface area contributed by atoms with Crippen LogP contribution in [0.25, 0.3) is 0 Å². The number of hydrogen-bond acceptors (Lipinski definition) is 5. The standard InChI is InChI=1S/C34H21Cl2F7N2O5/c35-31-14-24-22(9-10-23-25(24)28(48)44(27(23)47)20-12-16(33(38,39)40)11-17(13-20)34(41,42)43)26(15-1-7-21(46)8-2-15)32(31,36)30(50)45(29(31)49)19-5-3-18(37)4-6-19/h1-9,11-13,23-26,46H,10,14H2/t23-,24+,25-,26-,31+,32-/m0/s1. The Morgan fingerprint density at radius 2 is 1.30 bits per heavy atom. The summed E-state index contributed by atoms with van der Waals surface area (Å²) in [6.07, 6.45) is -9.76. The van der Waals surface area contributed by atoms with Crippen molar-refractivity contribution in [1.82, 2.24) is 0 Å². The van der Waals surface area contributed by atoms with Crippen molar-refractivity contribution in [3.63, 3.8) is 0 Å². The van der Waals surface area contributed by atoms with Crippen molar-refractivity contribution in [2.75, 3.05) is 9.80 Å². The summed E-state index contributed by atoms with van der Waals surface area (Å²) in [7, 11) is 0. The SMILES string of the molecule is O=C1[C@H]2[C@H](CC=C3[C@H]2C[C@@]2(Cl)C(=O)N(c4ccc(F)cc4)C(=O)[C@@]2(Cl)[C@H]3c2ccc(O)cc2)C(=O)N1c1cc(C(F)(F)F)cc(C(F)(F)F)c1. The van der Waals surface area contributed by atoms with Crippen LogP contribution in [0.15, 0.2) is 78.4 Å². The van der Waals surface area contributed by atoms with Crippen molar-refractivity contribution in [1.29, 1.82) is 0 Å². The lowest BCUT2D eigenvalue weighted by Crippen LogP contribution is -2.60. The van der Waals surface area contributed by atoms with Gasteiger partial charge in [-0.1, -0.05) is 23.8 Å². The molecule has 2 aliphatic carbocycles. The molecule has 7 nitrogen and oxygen atoms in total. The summed E-state index contributed by atoms with van der Waals surface area (Å²) in [6.45, 7) is 0. The summed E-state index contributed by atoms with van der Waals surface area (Å²) in [5.41, 5.74) is -3.92. The summed E-state index contributed by atoms with van der Waals surface area (Å²) in [5.74, 6) is -10.2. The largest absolute Gasteiger partial charge is 0.508 e. The van der Waals surface area contributed by atoms with Crippen LogP contribution in [0.3, 0.4) is 0 Å². The van der Waals surface area contributed by atoms with Crippen molar-refractivity contribution < 1.29 is 55.0 Å². The van der Waals surface area contributed by atoms with E-state index in [0.717, 1.165) is 24.3 Å². The van der Waals surface area contributed by atoms with E-state index in [4.69, 9.17) is 23.2 Å². The highest BCUT2D eigenvalue weighted by molar-refractivity contribution is 6.58.